The number of unbranched alkanes of at least 4 members (excludes halogenated alkanes) is 13. The highest BCUT2D eigenvalue weighted by Crippen LogP contribution is 2.12. The molecule has 0 aromatic carbocycles. The van der Waals surface area contributed by atoms with Gasteiger partial charge in [0.25, 0.3) is 0 Å². The number of ether oxygens (including phenoxy) is 1. The van der Waals surface area contributed by atoms with Crippen LogP contribution in [0.3, 0.4) is 0 Å². The summed E-state index contributed by atoms with van der Waals surface area (Å²) in [6.07, 6.45) is 20.4. The molecular formula is C19H40O2. The Labute approximate surface area is 134 Å². The molecule has 128 valence electrons. The van der Waals surface area contributed by atoms with Crippen LogP contribution >= 0.6 is 0 Å². The van der Waals surface area contributed by atoms with Crippen LogP contribution in [-0.2, 0) is 9.53 Å². The van der Waals surface area contributed by atoms with Crippen molar-refractivity contribution in [3.63, 3.8) is 0 Å². The lowest BCUT2D eigenvalue weighted by Crippen LogP contribution is -1.88. The van der Waals surface area contributed by atoms with Gasteiger partial charge >= 0.3 is 5.97 Å². The molecule has 0 unspecified atom stereocenters. The molecule has 0 fully saturated rings. The van der Waals surface area contributed by atoms with E-state index in [0.717, 1.165) is 0 Å². The van der Waals surface area contributed by atoms with Crippen molar-refractivity contribution in [2.45, 2.75) is 111 Å². The summed E-state index contributed by atoms with van der Waals surface area (Å²) in [6, 6.07) is 0. The van der Waals surface area contributed by atoms with Gasteiger partial charge in [0.2, 0.25) is 0 Å². The van der Waals surface area contributed by atoms with Crippen LogP contribution in [0.15, 0.2) is 0 Å². The van der Waals surface area contributed by atoms with Gasteiger partial charge in [-0.25, -0.2) is 0 Å². The third-order valence-corrected chi connectivity index (χ3v) is 3.74. The smallest absolute Gasteiger partial charge is 0.302 e. The number of methoxy groups -OCH3 is 1. The van der Waals surface area contributed by atoms with E-state index in [-0.39, 0.29) is 5.97 Å². The molecule has 21 heavy (non-hydrogen) atoms. The molecule has 0 aliphatic rings. The van der Waals surface area contributed by atoms with E-state index in [1.807, 2.05) is 0 Å². The molecule has 2 nitrogen and oxygen atoms in total. The molecule has 0 saturated carbocycles. The fourth-order valence-electron chi connectivity index (χ4n) is 2.27. The lowest BCUT2D eigenvalue weighted by Gasteiger charge is -2.02. The number of hydrogen-bond acceptors (Lipinski definition) is 2. The Morgan fingerprint density at radius 3 is 0.952 bits per heavy atom. The summed E-state index contributed by atoms with van der Waals surface area (Å²) in [7, 11) is 1.35. The third kappa shape index (κ3) is 28.4. The lowest BCUT2D eigenvalue weighted by atomic mass is 10.0. The van der Waals surface area contributed by atoms with Gasteiger partial charge in [0, 0.05) is 6.92 Å². The van der Waals surface area contributed by atoms with Gasteiger partial charge in [0.1, 0.15) is 0 Å². The van der Waals surface area contributed by atoms with E-state index in [9.17, 15) is 4.79 Å². The molecule has 0 aliphatic heterocycles. The van der Waals surface area contributed by atoms with Gasteiger partial charge in [-0.3, -0.25) is 4.79 Å². The molecule has 0 aromatic heterocycles. The standard InChI is InChI=1S/C16H34.C3H6O2/c1-3-5-7-9-11-13-15-16-14-12-10-8-6-4-2;1-3(4)5-2/h3-16H2,1-2H3;1-2H3. The first-order chi connectivity index (χ1) is 10.2. The Morgan fingerprint density at radius 1 is 0.619 bits per heavy atom. The largest absolute Gasteiger partial charge is 0.469 e. The normalized spacial score (nSPS) is 9.90. The molecule has 0 saturated heterocycles. The molecule has 0 aliphatic carbocycles. The Morgan fingerprint density at radius 2 is 0.810 bits per heavy atom. The molecular weight excluding hydrogens is 260 g/mol. The van der Waals surface area contributed by atoms with Gasteiger partial charge in [0.15, 0.2) is 0 Å². The van der Waals surface area contributed by atoms with Crippen molar-refractivity contribution >= 4 is 5.97 Å². The topological polar surface area (TPSA) is 26.3 Å². The number of esters is 1. The van der Waals surface area contributed by atoms with Crippen molar-refractivity contribution in [2.24, 2.45) is 0 Å². The summed E-state index contributed by atoms with van der Waals surface area (Å²) < 4.78 is 4.11. The van der Waals surface area contributed by atoms with E-state index in [1.54, 1.807) is 0 Å². The number of rotatable bonds is 13. The molecule has 0 N–H and O–H groups in total. The molecule has 0 rings (SSSR count). The number of carbonyl (C=O) groups excluding carboxylic acids is 1. The second kappa shape index (κ2) is 21.8. The zero-order valence-corrected chi connectivity index (χ0v) is 15.2. The first-order valence-corrected chi connectivity index (χ1v) is 9.23. The van der Waals surface area contributed by atoms with Crippen LogP contribution in [0, 0.1) is 0 Å². The van der Waals surface area contributed by atoms with Crippen LogP contribution in [0.4, 0.5) is 0 Å². The van der Waals surface area contributed by atoms with Crippen molar-refractivity contribution in [3.05, 3.63) is 0 Å². The summed E-state index contributed by atoms with van der Waals surface area (Å²) in [5.74, 6) is -0.245. The van der Waals surface area contributed by atoms with Crippen LogP contribution in [0.1, 0.15) is 111 Å². The minimum absolute atomic E-state index is 0.245. The fraction of sp³-hybridized carbons (Fsp3) is 0.947. The predicted molar refractivity (Wildman–Crippen MR) is 93.7 cm³/mol. The van der Waals surface area contributed by atoms with Gasteiger partial charge in [-0.05, 0) is 0 Å². The van der Waals surface area contributed by atoms with Gasteiger partial charge in [-0.15, -0.1) is 0 Å². The summed E-state index contributed by atoms with van der Waals surface area (Å²) in [6.45, 7) is 5.94. The Kier molecular flexibility index (Phi) is 23.6. The van der Waals surface area contributed by atoms with Crippen LogP contribution < -0.4 is 0 Å². The van der Waals surface area contributed by atoms with Crippen LogP contribution in [-0.4, -0.2) is 13.1 Å². The minimum Gasteiger partial charge on any atom is -0.469 e. The molecule has 0 spiro atoms. The molecule has 2 heteroatoms. The molecule has 0 bridgehead atoms. The Hall–Kier alpha value is -0.530. The number of hydrogen-bond donors (Lipinski definition) is 0. The van der Waals surface area contributed by atoms with E-state index in [4.69, 9.17) is 0 Å². The minimum atomic E-state index is -0.245. The average molecular weight is 301 g/mol. The van der Waals surface area contributed by atoms with Gasteiger partial charge in [-0.2, -0.15) is 0 Å². The van der Waals surface area contributed by atoms with Gasteiger partial charge in [-0.1, -0.05) is 104 Å². The van der Waals surface area contributed by atoms with Crippen molar-refractivity contribution < 1.29 is 9.53 Å². The zero-order chi connectivity index (χ0) is 16.2. The highest BCUT2D eigenvalue weighted by molar-refractivity contribution is 5.65. The van der Waals surface area contributed by atoms with Crippen molar-refractivity contribution in [3.8, 4) is 0 Å². The monoisotopic (exact) mass is 300 g/mol. The second-order valence-electron chi connectivity index (χ2n) is 5.94. The van der Waals surface area contributed by atoms with Crippen LogP contribution in [0.5, 0.6) is 0 Å². The highest BCUT2D eigenvalue weighted by Gasteiger charge is 1.92. The van der Waals surface area contributed by atoms with Crippen molar-refractivity contribution in [1.29, 1.82) is 0 Å². The second-order valence-corrected chi connectivity index (χ2v) is 5.94. The maximum absolute atomic E-state index is 9.59. The molecule has 0 atom stereocenters. The maximum atomic E-state index is 9.59. The Balaban J connectivity index is 0. The summed E-state index contributed by atoms with van der Waals surface area (Å²) in [5, 5.41) is 0. The fourth-order valence-corrected chi connectivity index (χ4v) is 2.27. The van der Waals surface area contributed by atoms with Crippen molar-refractivity contribution in [2.75, 3.05) is 7.11 Å². The zero-order valence-electron chi connectivity index (χ0n) is 15.2. The quantitative estimate of drug-likeness (QED) is 0.280. The van der Waals surface area contributed by atoms with Crippen molar-refractivity contribution in [1.82, 2.24) is 0 Å². The first kappa shape index (κ1) is 22.7. The van der Waals surface area contributed by atoms with E-state index in [1.165, 1.54) is 104 Å². The van der Waals surface area contributed by atoms with E-state index in [0.29, 0.717) is 0 Å². The SMILES string of the molecule is CCCCCCCCCCCCCCCC.COC(C)=O. The lowest BCUT2D eigenvalue weighted by molar-refractivity contribution is -0.137. The molecule has 0 amide bonds. The predicted octanol–water partition coefficient (Wildman–Crippen LogP) is 6.67. The maximum Gasteiger partial charge on any atom is 0.302 e. The van der Waals surface area contributed by atoms with E-state index in [2.05, 4.69) is 18.6 Å². The van der Waals surface area contributed by atoms with E-state index < -0.39 is 0 Å². The number of carbonyl (C=O) groups is 1. The third-order valence-electron chi connectivity index (χ3n) is 3.74. The Bertz CT molecular complexity index is 176. The van der Waals surface area contributed by atoms with Gasteiger partial charge in [0.05, 0.1) is 7.11 Å². The molecule has 0 aromatic rings. The summed E-state index contributed by atoms with van der Waals surface area (Å²) in [4.78, 5) is 9.59. The first-order valence-electron chi connectivity index (χ1n) is 9.23. The average Bonchev–Trinajstić information content (AvgIpc) is 2.49. The van der Waals surface area contributed by atoms with Gasteiger partial charge < -0.3 is 4.74 Å². The van der Waals surface area contributed by atoms with Crippen LogP contribution in [0.25, 0.3) is 0 Å². The van der Waals surface area contributed by atoms with Crippen LogP contribution in [0.2, 0.25) is 0 Å². The molecule has 0 radical (unpaired) electrons. The summed E-state index contributed by atoms with van der Waals surface area (Å²) in [5.41, 5.74) is 0. The molecule has 0 heterocycles. The highest BCUT2D eigenvalue weighted by atomic mass is 16.5. The van der Waals surface area contributed by atoms with E-state index >= 15 is 0 Å². The summed E-state index contributed by atoms with van der Waals surface area (Å²) >= 11 is 0.